The number of hydrogen-bond donors (Lipinski definition) is 1. The van der Waals surface area contributed by atoms with Crippen molar-refractivity contribution >= 4 is 28.2 Å². The monoisotopic (exact) mass is 583 g/mol. The number of fused-ring (bicyclic) bond motifs is 1. The van der Waals surface area contributed by atoms with Gasteiger partial charge in [0, 0.05) is 28.9 Å². The van der Waals surface area contributed by atoms with Gasteiger partial charge in [-0.2, -0.15) is 5.10 Å². The van der Waals surface area contributed by atoms with Gasteiger partial charge in [-0.05, 0) is 104 Å². The van der Waals surface area contributed by atoms with Crippen molar-refractivity contribution in [2.45, 2.75) is 67.3 Å². The summed E-state index contributed by atoms with van der Waals surface area (Å²) < 4.78 is 8.09. The third kappa shape index (κ3) is 10.4. The van der Waals surface area contributed by atoms with Crippen LogP contribution >= 0.6 is 0 Å². The fraction of sp³-hybridized carbons (Fsp3) is 0.417. The second-order valence-corrected chi connectivity index (χ2v) is 11.6. The van der Waals surface area contributed by atoms with Gasteiger partial charge >= 0.3 is 0 Å². The Labute approximate surface area is 258 Å². The lowest BCUT2D eigenvalue weighted by atomic mass is 9.98. The van der Waals surface area contributed by atoms with Crippen LogP contribution in [0.25, 0.3) is 10.9 Å². The lowest BCUT2D eigenvalue weighted by molar-refractivity contribution is -0.112. The van der Waals surface area contributed by atoms with Crippen LogP contribution in [0.1, 0.15) is 60.1 Å². The van der Waals surface area contributed by atoms with Crippen LogP contribution in [0.5, 0.6) is 0 Å². The predicted octanol–water partition coefficient (Wildman–Crippen LogP) is 7.80. The van der Waals surface area contributed by atoms with Crippen LogP contribution < -0.4 is 5.32 Å². The van der Waals surface area contributed by atoms with Crippen LogP contribution in [-0.4, -0.2) is 53.0 Å². The molecule has 43 heavy (non-hydrogen) atoms. The molecule has 0 bridgehead atoms. The highest BCUT2D eigenvalue weighted by Gasteiger charge is 2.18. The maximum atomic E-state index is 13.2. The number of nitrogens with zero attached hydrogens (tertiary/aromatic N) is 4. The molecule has 0 unspecified atom stereocenters. The topological polar surface area (TPSA) is 71.8 Å². The summed E-state index contributed by atoms with van der Waals surface area (Å²) in [6.07, 6.45) is 16.6. The average Bonchev–Trinajstić information content (AvgIpc) is 3.33. The molecule has 7 nitrogen and oxygen atoms in total. The molecule has 1 saturated heterocycles. The van der Waals surface area contributed by atoms with Gasteiger partial charge in [0.15, 0.2) is 0 Å². The quantitative estimate of drug-likeness (QED) is 0.113. The Hall–Kier alpha value is -3.97. The number of carbonyl (C=O) groups is 1. The molecule has 3 rings (SSSR count). The number of anilines is 1. The van der Waals surface area contributed by atoms with E-state index in [0.717, 1.165) is 71.7 Å². The molecule has 1 fully saturated rings. The number of aromatic nitrogens is 2. The minimum Gasteiger partial charge on any atom is -0.493 e. The van der Waals surface area contributed by atoms with Gasteiger partial charge in [0.2, 0.25) is 0 Å². The Morgan fingerprint density at radius 2 is 1.93 bits per heavy atom. The third-order valence-corrected chi connectivity index (χ3v) is 7.37. The maximum absolute atomic E-state index is 13.2. The van der Waals surface area contributed by atoms with E-state index in [1.807, 2.05) is 67.1 Å². The zero-order valence-electron chi connectivity index (χ0n) is 27.1. The van der Waals surface area contributed by atoms with E-state index < -0.39 is 0 Å². The molecule has 2 aromatic rings. The van der Waals surface area contributed by atoms with Gasteiger partial charge < -0.3 is 15.0 Å². The number of rotatable bonds is 13. The van der Waals surface area contributed by atoms with Crippen molar-refractivity contribution in [3.63, 3.8) is 0 Å². The van der Waals surface area contributed by atoms with E-state index in [0.29, 0.717) is 24.6 Å². The molecule has 1 amide bonds. The first-order valence-electron chi connectivity index (χ1n) is 15.3. The van der Waals surface area contributed by atoms with Gasteiger partial charge in [-0.25, -0.2) is 0 Å². The maximum Gasteiger partial charge on any atom is 0.252 e. The number of ether oxygens (including phenoxy) is 1. The number of piperidine rings is 1. The molecular formula is C36H49N5O2. The SMILES string of the molecule is C=C(C=CC=C(C)C)Cn1nc(CC)c2c(NC(=O)C(C)=CN=C(C)C=C(C=CC)OCC3CCN(C)CC3)cccc21. The number of amides is 1. The van der Waals surface area contributed by atoms with Gasteiger partial charge in [-0.1, -0.05) is 49.4 Å². The van der Waals surface area contributed by atoms with Gasteiger partial charge in [-0.3, -0.25) is 14.5 Å². The van der Waals surface area contributed by atoms with Crippen molar-refractivity contribution in [2.75, 3.05) is 32.1 Å². The van der Waals surface area contributed by atoms with Crippen molar-refractivity contribution in [2.24, 2.45) is 10.9 Å². The van der Waals surface area contributed by atoms with E-state index in [4.69, 9.17) is 9.84 Å². The first-order chi connectivity index (χ1) is 20.6. The summed E-state index contributed by atoms with van der Waals surface area (Å²) in [4.78, 5) is 20.1. The highest BCUT2D eigenvalue weighted by Crippen LogP contribution is 2.28. The average molecular weight is 584 g/mol. The van der Waals surface area contributed by atoms with E-state index in [1.165, 1.54) is 5.57 Å². The molecule has 1 aromatic heterocycles. The Kier molecular flexibility index (Phi) is 13.0. The number of benzene rings is 1. The van der Waals surface area contributed by atoms with Gasteiger partial charge in [-0.15, -0.1) is 0 Å². The fourth-order valence-electron chi connectivity index (χ4n) is 4.87. The van der Waals surface area contributed by atoms with Crippen LogP contribution in [0.2, 0.25) is 0 Å². The number of allylic oxidation sites excluding steroid dienone is 8. The van der Waals surface area contributed by atoms with E-state index >= 15 is 0 Å². The van der Waals surface area contributed by atoms with E-state index in [1.54, 1.807) is 13.1 Å². The Bertz CT molecular complexity index is 1460. The standard InChI is InChI=1S/C36H49N5O2/c1-9-13-31(43-25-30-18-20-40(8)21-19-30)22-29(7)37-23-28(6)36(42)38-33-16-12-17-34-35(33)32(10-2)39-41(34)24-27(5)15-11-14-26(3)4/h9,11-17,22-23,30H,5,10,18-21,24-25H2,1-4,6-8H3,(H,38,42). The molecule has 0 atom stereocenters. The molecule has 2 heterocycles. The zero-order valence-corrected chi connectivity index (χ0v) is 27.1. The van der Waals surface area contributed by atoms with Crippen molar-refractivity contribution in [3.8, 4) is 0 Å². The number of carbonyl (C=O) groups excluding carboxylic acids is 1. The van der Waals surface area contributed by atoms with Crippen LogP contribution in [0, 0.1) is 5.92 Å². The van der Waals surface area contributed by atoms with Crippen LogP contribution in [0.15, 0.2) is 94.9 Å². The first-order valence-corrected chi connectivity index (χ1v) is 15.3. The molecule has 1 aliphatic heterocycles. The summed E-state index contributed by atoms with van der Waals surface area (Å²) in [5.74, 6) is 1.15. The third-order valence-electron chi connectivity index (χ3n) is 7.37. The first kappa shape index (κ1) is 33.5. The molecule has 1 aliphatic rings. The Balaban J connectivity index is 1.72. The second-order valence-electron chi connectivity index (χ2n) is 11.6. The van der Waals surface area contributed by atoms with Crippen LogP contribution in [-0.2, 0) is 22.5 Å². The molecule has 1 aromatic carbocycles. The Morgan fingerprint density at radius 3 is 2.60 bits per heavy atom. The molecule has 0 radical (unpaired) electrons. The van der Waals surface area contributed by atoms with E-state index in [2.05, 4.69) is 55.7 Å². The van der Waals surface area contributed by atoms with E-state index in [9.17, 15) is 4.79 Å². The minimum atomic E-state index is -0.205. The van der Waals surface area contributed by atoms with Crippen molar-refractivity contribution in [3.05, 3.63) is 95.6 Å². The van der Waals surface area contributed by atoms with Crippen molar-refractivity contribution < 1.29 is 9.53 Å². The number of nitrogens with one attached hydrogen (secondary N) is 1. The fourth-order valence-corrected chi connectivity index (χ4v) is 4.87. The largest absolute Gasteiger partial charge is 0.493 e. The molecule has 0 aliphatic carbocycles. The lowest BCUT2D eigenvalue weighted by Gasteiger charge is -2.28. The summed E-state index contributed by atoms with van der Waals surface area (Å²) in [5.41, 5.74) is 6.09. The number of likely N-dealkylation sites (tertiary alicyclic amines) is 1. The van der Waals surface area contributed by atoms with E-state index in [-0.39, 0.29) is 5.91 Å². The normalized spacial score (nSPS) is 15.9. The van der Waals surface area contributed by atoms with Crippen LogP contribution in [0.4, 0.5) is 5.69 Å². The van der Waals surface area contributed by atoms with Gasteiger partial charge in [0.25, 0.3) is 5.91 Å². The lowest BCUT2D eigenvalue weighted by Crippen LogP contribution is -2.31. The van der Waals surface area contributed by atoms with Crippen molar-refractivity contribution in [1.29, 1.82) is 0 Å². The zero-order chi connectivity index (χ0) is 31.4. The highest BCUT2D eigenvalue weighted by molar-refractivity contribution is 6.09. The molecule has 0 spiro atoms. The summed E-state index contributed by atoms with van der Waals surface area (Å²) in [6.45, 7) is 19.6. The molecule has 1 N–H and O–H groups in total. The number of aryl methyl sites for hydroxylation is 1. The molecular weight excluding hydrogens is 534 g/mol. The Morgan fingerprint density at radius 1 is 1.19 bits per heavy atom. The number of aliphatic imine (C=N–C) groups is 1. The molecule has 7 heteroatoms. The molecule has 0 saturated carbocycles. The summed E-state index contributed by atoms with van der Waals surface area (Å²) in [5, 5.41) is 8.89. The minimum absolute atomic E-state index is 0.205. The summed E-state index contributed by atoms with van der Waals surface area (Å²) in [6, 6.07) is 5.90. The summed E-state index contributed by atoms with van der Waals surface area (Å²) >= 11 is 0. The predicted molar refractivity (Wildman–Crippen MR) is 181 cm³/mol. The molecule has 230 valence electrons. The van der Waals surface area contributed by atoms with Gasteiger partial charge in [0.1, 0.15) is 5.76 Å². The van der Waals surface area contributed by atoms with Gasteiger partial charge in [0.05, 0.1) is 30.0 Å². The summed E-state index contributed by atoms with van der Waals surface area (Å²) in [7, 11) is 2.17. The van der Waals surface area contributed by atoms with Crippen molar-refractivity contribution in [1.82, 2.24) is 14.7 Å². The second kappa shape index (κ2) is 16.6. The van der Waals surface area contributed by atoms with Crippen LogP contribution in [0.3, 0.4) is 0 Å². The number of hydrogen-bond acceptors (Lipinski definition) is 5. The highest BCUT2D eigenvalue weighted by atomic mass is 16.5. The smallest absolute Gasteiger partial charge is 0.252 e.